The molecule has 0 fully saturated rings. The van der Waals surface area contributed by atoms with Crippen molar-refractivity contribution in [1.82, 2.24) is 9.55 Å². The topological polar surface area (TPSA) is 44.1 Å². The van der Waals surface area contributed by atoms with Crippen molar-refractivity contribution in [2.24, 2.45) is 0 Å². The maximum atomic E-state index is 12.5. The van der Waals surface area contributed by atoms with Crippen LogP contribution in [0, 0.1) is 13.8 Å². The Morgan fingerprint density at radius 1 is 1.23 bits per heavy atom. The van der Waals surface area contributed by atoms with Gasteiger partial charge in [0.2, 0.25) is 0 Å². The molecular weight excluding hydrogens is 300 g/mol. The van der Waals surface area contributed by atoms with Crippen molar-refractivity contribution in [2.45, 2.75) is 13.8 Å². The first kappa shape index (κ1) is 14.6. The molecule has 0 aliphatic carbocycles. The predicted molar refractivity (Wildman–Crippen MR) is 86.8 cm³/mol. The number of ether oxygens (including phenoxy) is 1. The second kappa shape index (κ2) is 5.81. The van der Waals surface area contributed by atoms with Gasteiger partial charge in [-0.1, -0.05) is 23.7 Å². The first-order valence-electron chi connectivity index (χ1n) is 6.92. The van der Waals surface area contributed by atoms with Crippen molar-refractivity contribution in [3.8, 4) is 5.75 Å². The molecule has 0 saturated heterocycles. The zero-order valence-corrected chi connectivity index (χ0v) is 13.1. The number of carbonyl (C=O) groups excluding carboxylic acids is 1. The van der Waals surface area contributed by atoms with Gasteiger partial charge >= 0.3 is 0 Å². The molecule has 0 aliphatic rings. The van der Waals surface area contributed by atoms with Crippen LogP contribution in [-0.4, -0.2) is 22.1 Å². The standard InChI is InChI=1S/C17H15ClN2O2/c1-11-9-13(18)7-8-16(11)22-10-17(21)20-12(2)19-14-5-3-4-6-15(14)20/h3-9H,10H2,1-2H3. The van der Waals surface area contributed by atoms with Gasteiger partial charge in [0, 0.05) is 5.02 Å². The SMILES string of the molecule is Cc1cc(Cl)ccc1OCC(=O)n1c(C)nc2ccccc21. The zero-order valence-electron chi connectivity index (χ0n) is 12.3. The van der Waals surface area contributed by atoms with Gasteiger partial charge in [0.25, 0.3) is 5.91 Å². The molecule has 0 unspecified atom stereocenters. The van der Waals surface area contributed by atoms with Crippen LogP contribution in [0.3, 0.4) is 0 Å². The van der Waals surface area contributed by atoms with E-state index in [0.717, 1.165) is 16.6 Å². The van der Waals surface area contributed by atoms with E-state index in [2.05, 4.69) is 4.98 Å². The van der Waals surface area contributed by atoms with Crippen molar-refractivity contribution >= 4 is 28.5 Å². The van der Waals surface area contributed by atoms with Crippen LogP contribution in [0.1, 0.15) is 16.2 Å². The van der Waals surface area contributed by atoms with E-state index in [-0.39, 0.29) is 12.5 Å². The fourth-order valence-electron chi connectivity index (χ4n) is 2.44. The molecule has 0 N–H and O–H groups in total. The molecule has 3 rings (SSSR count). The number of imidazole rings is 1. The summed E-state index contributed by atoms with van der Waals surface area (Å²) in [5.74, 6) is 1.16. The van der Waals surface area contributed by atoms with Gasteiger partial charge in [-0.05, 0) is 49.7 Å². The number of aryl methyl sites for hydroxylation is 2. The number of rotatable bonds is 3. The quantitative estimate of drug-likeness (QED) is 0.733. The third-order valence-electron chi connectivity index (χ3n) is 3.47. The number of carbonyl (C=O) groups is 1. The molecule has 0 radical (unpaired) electrons. The van der Waals surface area contributed by atoms with E-state index < -0.39 is 0 Å². The van der Waals surface area contributed by atoms with Crippen LogP contribution in [0.25, 0.3) is 11.0 Å². The van der Waals surface area contributed by atoms with Gasteiger partial charge in [0.1, 0.15) is 11.6 Å². The number of halogens is 1. The minimum atomic E-state index is -0.152. The van der Waals surface area contributed by atoms with Crippen molar-refractivity contribution in [3.05, 3.63) is 58.9 Å². The predicted octanol–water partition coefficient (Wildman–Crippen LogP) is 4.03. The first-order valence-corrected chi connectivity index (χ1v) is 7.30. The maximum Gasteiger partial charge on any atom is 0.270 e. The lowest BCUT2D eigenvalue weighted by Gasteiger charge is -2.10. The number of hydrogen-bond acceptors (Lipinski definition) is 3. The van der Waals surface area contributed by atoms with Gasteiger partial charge in [-0.2, -0.15) is 0 Å². The van der Waals surface area contributed by atoms with Gasteiger partial charge < -0.3 is 4.74 Å². The van der Waals surface area contributed by atoms with E-state index in [1.54, 1.807) is 22.8 Å². The molecular formula is C17H15ClN2O2. The highest BCUT2D eigenvalue weighted by molar-refractivity contribution is 6.30. The first-order chi connectivity index (χ1) is 10.6. The number of hydrogen-bond donors (Lipinski definition) is 0. The molecule has 0 bridgehead atoms. The smallest absolute Gasteiger partial charge is 0.270 e. The van der Waals surface area contributed by atoms with Gasteiger partial charge in [-0.25, -0.2) is 4.98 Å². The summed E-state index contributed by atoms with van der Waals surface area (Å²) in [5, 5.41) is 0.646. The Hall–Kier alpha value is -2.33. The molecule has 3 aromatic rings. The summed E-state index contributed by atoms with van der Waals surface area (Å²) in [6, 6.07) is 12.9. The Bertz CT molecular complexity index is 855. The van der Waals surface area contributed by atoms with Gasteiger partial charge in [0.05, 0.1) is 11.0 Å². The van der Waals surface area contributed by atoms with Gasteiger partial charge in [-0.15, -0.1) is 0 Å². The van der Waals surface area contributed by atoms with Crippen LogP contribution in [0.5, 0.6) is 5.75 Å². The van der Waals surface area contributed by atoms with Crippen LogP contribution in [0.4, 0.5) is 0 Å². The van der Waals surface area contributed by atoms with Crippen LogP contribution in [0.15, 0.2) is 42.5 Å². The van der Waals surface area contributed by atoms with E-state index in [1.807, 2.05) is 38.1 Å². The summed E-state index contributed by atoms with van der Waals surface area (Å²) < 4.78 is 7.21. The number of aromatic nitrogens is 2. The van der Waals surface area contributed by atoms with Crippen molar-refractivity contribution in [1.29, 1.82) is 0 Å². The monoisotopic (exact) mass is 314 g/mol. The lowest BCUT2D eigenvalue weighted by molar-refractivity contribution is 0.0840. The number of para-hydroxylation sites is 2. The number of fused-ring (bicyclic) bond motifs is 1. The van der Waals surface area contributed by atoms with Crippen LogP contribution >= 0.6 is 11.6 Å². The molecule has 1 heterocycles. The highest BCUT2D eigenvalue weighted by Crippen LogP contribution is 2.22. The number of nitrogens with zero attached hydrogens (tertiary/aromatic N) is 2. The van der Waals surface area contributed by atoms with E-state index in [0.29, 0.717) is 16.6 Å². The third kappa shape index (κ3) is 2.70. The molecule has 0 saturated carbocycles. The molecule has 0 aliphatic heterocycles. The van der Waals surface area contributed by atoms with Crippen LogP contribution < -0.4 is 4.74 Å². The fraction of sp³-hybridized carbons (Fsp3) is 0.176. The van der Waals surface area contributed by atoms with E-state index >= 15 is 0 Å². The van der Waals surface area contributed by atoms with E-state index in [9.17, 15) is 4.79 Å². The minimum absolute atomic E-state index is 0.0519. The Balaban J connectivity index is 1.83. The second-order valence-electron chi connectivity index (χ2n) is 5.08. The summed E-state index contributed by atoms with van der Waals surface area (Å²) in [4.78, 5) is 16.9. The molecule has 0 amide bonds. The van der Waals surface area contributed by atoms with Crippen LogP contribution in [0.2, 0.25) is 5.02 Å². The second-order valence-corrected chi connectivity index (χ2v) is 5.51. The lowest BCUT2D eigenvalue weighted by Crippen LogP contribution is -2.20. The van der Waals surface area contributed by atoms with Gasteiger partial charge in [-0.3, -0.25) is 9.36 Å². The average Bonchev–Trinajstić information content (AvgIpc) is 2.82. The molecule has 2 aromatic carbocycles. The Morgan fingerprint density at radius 3 is 2.77 bits per heavy atom. The van der Waals surface area contributed by atoms with Crippen molar-refractivity contribution < 1.29 is 9.53 Å². The minimum Gasteiger partial charge on any atom is -0.483 e. The summed E-state index contributed by atoms with van der Waals surface area (Å²) >= 11 is 5.91. The highest BCUT2D eigenvalue weighted by Gasteiger charge is 2.14. The van der Waals surface area contributed by atoms with E-state index in [4.69, 9.17) is 16.3 Å². The molecule has 112 valence electrons. The third-order valence-corrected chi connectivity index (χ3v) is 3.70. The largest absolute Gasteiger partial charge is 0.483 e. The Kier molecular flexibility index (Phi) is 3.86. The number of benzene rings is 2. The molecule has 4 nitrogen and oxygen atoms in total. The molecule has 5 heteroatoms. The summed E-state index contributed by atoms with van der Waals surface area (Å²) in [7, 11) is 0. The van der Waals surface area contributed by atoms with Crippen molar-refractivity contribution in [3.63, 3.8) is 0 Å². The normalized spacial score (nSPS) is 10.9. The van der Waals surface area contributed by atoms with Crippen molar-refractivity contribution in [2.75, 3.05) is 6.61 Å². The molecule has 1 aromatic heterocycles. The maximum absolute atomic E-state index is 12.5. The molecule has 0 spiro atoms. The van der Waals surface area contributed by atoms with Gasteiger partial charge in [0.15, 0.2) is 6.61 Å². The zero-order chi connectivity index (χ0) is 15.7. The summed E-state index contributed by atoms with van der Waals surface area (Å²) in [6.45, 7) is 3.65. The Morgan fingerprint density at radius 2 is 2.00 bits per heavy atom. The Labute approximate surface area is 133 Å². The highest BCUT2D eigenvalue weighted by atomic mass is 35.5. The molecule has 22 heavy (non-hydrogen) atoms. The average molecular weight is 315 g/mol. The molecule has 0 atom stereocenters. The summed E-state index contributed by atoms with van der Waals surface area (Å²) in [5.41, 5.74) is 2.49. The fourth-order valence-corrected chi connectivity index (χ4v) is 2.67. The van der Waals surface area contributed by atoms with Crippen LogP contribution in [-0.2, 0) is 0 Å². The lowest BCUT2D eigenvalue weighted by atomic mass is 10.2. The van der Waals surface area contributed by atoms with E-state index in [1.165, 1.54) is 0 Å². The summed E-state index contributed by atoms with van der Waals surface area (Å²) in [6.07, 6.45) is 0.